The van der Waals surface area contributed by atoms with Gasteiger partial charge in [-0.15, -0.1) is 10.2 Å². The lowest BCUT2D eigenvalue weighted by Gasteiger charge is -2.21. The van der Waals surface area contributed by atoms with Gasteiger partial charge in [-0.3, -0.25) is 0 Å². The Hall–Kier alpha value is -2.17. The Morgan fingerprint density at radius 3 is 2.35 bits per heavy atom. The molecule has 88 valence electrons. The van der Waals surface area contributed by atoms with Gasteiger partial charge >= 0.3 is 0 Å². The summed E-state index contributed by atoms with van der Waals surface area (Å²) in [5.74, 6) is 0.811. The van der Waals surface area contributed by atoms with E-state index in [4.69, 9.17) is 5.73 Å². The number of benzene rings is 1. The van der Waals surface area contributed by atoms with Crippen molar-refractivity contribution in [1.29, 1.82) is 0 Å². The van der Waals surface area contributed by atoms with E-state index in [-0.39, 0.29) is 5.82 Å². The van der Waals surface area contributed by atoms with E-state index < -0.39 is 0 Å². The molecule has 17 heavy (non-hydrogen) atoms. The first kappa shape index (κ1) is 11.3. The standard InChI is InChI=1S/C12H13FN4/c1-2-17(10-5-3-9(13)4-6-10)12-8-7-11(14)15-16-12/h3-8H,2H2,1H3,(H2,14,15). The van der Waals surface area contributed by atoms with Crippen molar-refractivity contribution in [3.05, 3.63) is 42.2 Å². The Morgan fingerprint density at radius 1 is 1.12 bits per heavy atom. The second kappa shape index (κ2) is 4.78. The first-order valence-electron chi connectivity index (χ1n) is 5.33. The van der Waals surface area contributed by atoms with Gasteiger partial charge in [0.25, 0.3) is 0 Å². The Labute approximate surface area is 98.9 Å². The monoisotopic (exact) mass is 232 g/mol. The molecule has 4 nitrogen and oxygen atoms in total. The average Bonchev–Trinajstić information content (AvgIpc) is 2.35. The summed E-state index contributed by atoms with van der Waals surface area (Å²) >= 11 is 0. The number of halogens is 1. The number of nitrogens with zero attached hydrogens (tertiary/aromatic N) is 3. The maximum absolute atomic E-state index is 12.8. The molecule has 0 amide bonds. The van der Waals surface area contributed by atoms with Crippen LogP contribution in [-0.4, -0.2) is 16.7 Å². The van der Waals surface area contributed by atoms with Gasteiger partial charge in [0.15, 0.2) is 5.82 Å². The highest BCUT2D eigenvalue weighted by molar-refractivity contribution is 5.59. The summed E-state index contributed by atoms with van der Waals surface area (Å²) in [4.78, 5) is 1.92. The summed E-state index contributed by atoms with van der Waals surface area (Å²) in [7, 11) is 0. The van der Waals surface area contributed by atoms with E-state index in [1.807, 2.05) is 11.8 Å². The normalized spacial score (nSPS) is 10.2. The largest absolute Gasteiger partial charge is 0.382 e. The molecular formula is C12H13FN4. The fourth-order valence-electron chi connectivity index (χ4n) is 1.58. The summed E-state index contributed by atoms with van der Waals surface area (Å²) in [5, 5.41) is 7.81. The molecule has 5 heteroatoms. The minimum absolute atomic E-state index is 0.256. The van der Waals surface area contributed by atoms with Gasteiger partial charge in [-0.25, -0.2) is 4.39 Å². The molecule has 0 spiro atoms. The van der Waals surface area contributed by atoms with Gasteiger partial charge in [-0.1, -0.05) is 0 Å². The topological polar surface area (TPSA) is 55.0 Å². The van der Waals surface area contributed by atoms with Crippen LogP contribution in [0.1, 0.15) is 6.92 Å². The van der Waals surface area contributed by atoms with E-state index >= 15 is 0 Å². The Kier molecular flexibility index (Phi) is 3.18. The molecule has 0 aliphatic rings. The molecular weight excluding hydrogens is 219 g/mol. The smallest absolute Gasteiger partial charge is 0.155 e. The summed E-state index contributed by atoms with van der Waals surface area (Å²) in [6, 6.07) is 9.73. The van der Waals surface area contributed by atoms with E-state index in [9.17, 15) is 4.39 Å². The second-order valence-corrected chi connectivity index (χ2v) is 3.54. The molecule has 2 aromatic rings. The molecule has 2 N–H and O–H groups in total. The minimum atomic E-state index is -0.256. The number of hydrogen-bond donors (Lipinski definition) is 1. The van der Waals surface area contributed by atoms with Crippen LogP contribution >= 0.6 is 0 Å². The van der Waals surface area contributed by atoms with Crippen molar-refractivity contribution in [1.82, 2.24) is 10.2 Å². The van der Waals surface area contributed by atoms with Crippen molar-refractivity contribution in [2.24, 2.45) is 0 Å². The molecule has 0 aliphatic heterocycles. The Bertz CT molecular complexity index is 435. The SMILES string of the molecule is CCN(c1ccc(F)cc1)c1ccc(N)nn1. The molecule has 0 fully saturated rings. The molecule has 1 aromatic heterocycles. The van der Waals surface area contributed by atoms with Crippen LogP contribution in [0.3, 0.4) is 0 Å². The van der Waals surface area contributed by atoms with E-state index in [2.05, 4.69) is 10.2 Å². The van der Waals surface area contributed by atoms with Crippen LogP contribution in [-0.2, 0) is 0 Å². The first-order valence-corrected chi connectivity index (χ1v) is 5.33. The summed E-state index contributed by atoms with van der Waals surface area (Å²) < 4.78 is 12.8. The zero-order valence-electron chi connectivity index (χ0n) is 9.47. The molecule has 1 aromatic carbocycles. The van der Waals surface area contributed by atoms with Gasteiger partial charge in [-0.2, -0.15) is 0 Å². The maximum atomic E-state index is 12.8. The summed E-state index contributed by atoms with van der Waals surface area (Å²) in [5.41, 5.74) is 6.35. The quantitative estimate of drug-likeness (QED) is 0.882. The lowest BCUT2D eigenvalue weighted by molar-refractivity contribution is 0.627. The van der Waals surface area contributed by atoms with Gasteiger partial charge in [-0.05, 0) is 43.3 Å². The van der Waals surface area contributed by atoms with Crippen LogP contribution in [0.15, 0.2) is 36.4 Å². The van der Waals surface area contributed by atoms with E-state index in [0.29, 0.717) is 18.2 Å². The number of aromatic nitrogens is 2. The number of anilines is 3. The zero-order valence-corrected chi connectivity index (χ0v) is 9.47. The molecule has 0 saturated carbocycles. The third-order valence-electron chi connectivity index (χ3n) is 2.40. The number of hydrogen-bond acceptors (Lipinski definition) is 4. The molecule has 0 bridgehead atoms. The van der Waals surface area contributed by atoms with Crippen molar-refractivity contribution in [2.45, 2.75) is 6.92 Å². The van der Waals surface area contributed by atoms with Crippen LogP contribution < -0.4 is 10.6 Å². The minimum Gasteiger partial charge on any atom is -0.382 e. The van der Waals surface area contributed by atoms with Crippen LogP contribution in [0.25, 0.3) is 0 Å². The molecule has 0 radical (unpaired) electrons. The number of rotatable bonds is 3. The van der Waals surface area contributed by atoms with Crippen LogP contribution in [0.2, 0.25) is 0 Å². The average molecular weight is 232 g/mol. The van der Waals surface area contributed by atoms with E-state index in [0.717, 1.165) is 5.69 Å². The summed E-state index contributed by atoms with van der Waals surface area (Å²) in [6.45, 7) is 2.70. The molecule has 1 heterocycles. The molecule has 0 atom stereocenters. The maximum Gasteiger partial charge on any atom is 0.155 e. The van der Waals surface area contributed by atoms with Gasteiger partial charge in [0.1, 0.15) is 11.6 Å². The third-order valence-corrected chi connectivity index (χ3v) is 2.40. The Balaban J connectivity index is 2.33. The van der Waals surface area contributed by atoms with E-state index in [1.54, 1.807) is 24.3 Å². The van der Waals surface area contributed by atoms with Crippen molar-refractivity contribution in [3.63, 3.8) is 0 Å². The highest BCUT2D eigenvalue weighted by Crippen LogP contribution is 2.22. The van der Waals surface area contributed by atoms with Crippen molar-refractivity contribution < 1.29 is 4.39 Å². The van der Waals surface area contributed by atoms with Crippen LogP contribution in [0.4, 0.5) is 21.7 Å². The van der Waals surface area contributed by atoms with Crippen molar-refractivity contribution in [2.75, 3.05) is 17.2 Å². The van der Waals surface area contributed by atoms with Gasteiger partial charge in [0, 0.05) is 12.2 Å². The van der Waals surface area contributed by atoms with Gasteiger partial charge < -0.3 is 10.6 Å². The van der Waals surface area contributed by atoms with Crippen LogP contribution in [0, 0.1) is 5.82 Å². The van der Waals surface area contributed by atoms with E-state index in [1.165, 1.54) is 12.1 Å². The van der Waals surface area contributed by atoms with Gasteiger partial charge in [0.2, 0.25) is 0 Å². The lowest BCUT2D eigenvalue weighted by atomic mass is 10.2. The highest BCUT2D eigenvalue weighted by atomic mass is 19.1. The molecule has 0 unspecified atom stereocenters. The number of nitrogen functional groups attached to an aromatic ring is 1. The number of nitrogens with two attached hydrogens (primary N) is 1. The predicted molar refractivity (Wildman–Crippen MR) is 65.5 cm³/mol. The fourth-order valence-corrected chi connectivity index (χ4v) is 1.58. The summed E-state index contributed by atoms with van der Waals surface area (Å²) in [6.07, 6.45) is 0. The third kappa shape index (κ3) is 2.50. The second-order valence-electron chi connectivity index (χ2n) is 3.54. The van der Waals surface area contributed by atoms with Crippen molar-refractivity contribution in [3.8, 4) is 0 Å². The predicted octanol–water partition coefficient (Wildman–Crippen LogP) is 2.36. The Morgan fingerprint density at radius 2 is 1.82 bits per heavy atom. The van der Waals surface area contributed by atoms with Crippen molar-refractivity contribution >= 4 is 17.3 Å². The highest BCUT2D eigenvalue weighted by Gasteiger charge is 2.08. The molecule has 0 aliphatic carbocycles. The first-order chi connectivity index (χ1) is 8.20. The zero-order chi connectivity index (χ0) is 12.3. The molecule has 2 rings (SSSR count). The fraction of sp³-hybridized carbons (Fsp3) is 0.167. The lowest BCUT2D eigenvalue weighted by Crippen LogP contribution is -2.17. The molecule has 0 saturated heterocycles. The van der Waals surface area contributed by atoms with Gasteiger partial charge in [0.05, 0.1) is 0 Å². The van der Waals surface area contributed by atoms with Crippen LogP contribution in [0.5, 0.6) is 0 Å².